The smallest absolute Gasteiger partial charge is 0.280 e. The van der Waals surface area contributed by atoms with Crippen molar-refractivity contribution in [3.05, 3.63) is 37.9 Å². The highest BCUT2D eigenvalue weighted by Crippen LogP contribution is 2.32. The normalized spacial score (nSPS) is 10.4. The number of benzene rings is 1. The van der Waals surface area contributed by atoms with Crippen LogP contribution in [-0.2, 0) is 6.61 Å². The minimum Gasteiger partial charge on any atom is -0.431 e. The largest absolute Gasteiger partial charge is 0.431 e. The molecule has 0 fully saturated rings. The maximum atomic E-state index is 8.97. The number of hydrogen-bond acceptors (Lipinski definition) is 4. The van der Waals surface area contributed by atoms with E-state index in [-0.39, 0.29) is 6.61 Å². The van der Waals surface area contributed by atoms with E-state index in [0.717, 1.165) is 3.57 Å². The second-order valence-corrected chi connectivity index (χ2v) is 5.56. The molecule has 0 aliphatic rings. The zero-order valence-electron chi connectivity index (χ0n) is 7.98. The number of nitrogens with zero attached hydrogens (tertiary/aromatic N) is 1. The van der Waals surface area contributed by atoms with Gasteiger partial charge in [-0.25, -0.2) is 0 Å². The second-order valence-electron chi connectivity index (χ2n) is 2.91. The van der Waals surface area contributed by atoms with Crippen molar-refractivity contribution in [1.29, 1.82) is 0 Å². The lowest BCUT2D eigenvalue weighted by molar-refractivity contribution is 0.285. The van der Waals surface area contributed by atoms with Gasteiger partial charge in [0, 0.05) is 3.57 Å². The van der Waals surface area contributed by atoms with Crippen LogP contribution in [0.2, 0.25) is 5.15 Å². The quantitative estimate of drug-likeness (QED) is 0.842. The maximum absolute atomic E-state index is 8.97. The van der Waals surface area contributed by atoms with Crippen LogP contribution in [0.15, 0.2) is 24.3 Å². The van der Waals surface area contributed by atoms with Gasteiger partial charge in [-0.3, -0.25) is 0 Å². The predicted molar refractivity (Wildman–Crippen MR) is 72.3 cm³/mol. The molecular formula is C10H7ClINO2S. The molecule has 0 saturated carbocycles. The number of rotatable bonds is 3. The third-order valence-corrected chi connectivity index (χ3v) is 3.79. The molecule has 1 N–H and O–H groups in total. The minimum absolute atomic E-state index is 0.119. The lowest BCUT2D eigenvalue weighted by Crippen LogP contribution is -1.82. The highest BCUT2D eigenvalue weighted by atomic mass is 127. The maximum Gasteiger partial charge on any atom is 0.280 e. The number of aromatic nitrogens is 1. The van der Waals surface area contributed by atoms with Gasteiger partial charge in [0.2, 0.25) is 0 Å². The molecule has 1 aromatic heterocycles. The summed E-state index contributed by atoms with van der Waals surface area (Å²) in [5.41, 5.74) is 0. The van der Waals surface area contributed by atoms with Crippen LogP contribution in [0.1, 0.15) is 4.88 Å². The van der Waals surface area contributed by atoms with E-state index in [1.807, 2.05) is 24.3 Å². The van der Waals surface area contributed by atoms with Gasteiger partial charge in [-0.05, 0) is 40.8 Å². The van der Waals surface area contributed by atoms with Crippen molar-refractivity contribution in [3.8, 4) is 10.9 Å². The van der Waals surface area contributed by atoms with E-state index in [1.54, 1.807) is 0 Å². The van der Waals surface area contributed by atoms with Gasteiger partial charge in [0.1, 0.15) is 10.9 Å². The fraction of sp³-hybridized carbons (Fsp3) is 0.100. The molecule has 6 heteroatoms. The Hall–Kier alpha value is -0.370. The van der Waals surface area contributed by atoms with E-state index in [4.69, 9.17) is 21.4 Å². The van der Waals surface area contributed by atoms with Gasteiger partial charge in [-0.2, -0.15) is 4.98 Å². The molecule has 0 spiro atoms. The summed E-state index contributed by atoms with van der Waals surface area (Å²) in [6, 6.07) is 7.62. The zero-order valence-corrected chi connectivity index (χ0v) is 11.7. The second kappa shape index (κ2) is 5.31. The Morgan fingerprint density at radius 1 is 1.50 bits per heavy atom. The van der Waals surface area contributed by atoms with Gasteiger partial charge < -0.3 is 9.84 Å². The molecule has 16 heavy (non-hydrogen) atoms. The van der Waals surface area contributed by atoms with Crippen molar-refractivity contribution >= 4 is 45.5 Å². The van der Waals surface area contributed by atoms with Crippen LogP contribution >= 0.6 is 45.5 Å². The number of hydrogen-bond donors (Lipinski definition) is 1. The van der Waals surface area contributed by atoms with Gasteiger partial charge in [-0.15, -0.1) is 0 Å². The number of thiazole rings is 1. The summed E-state index contributed by atoms with van der Waals surface area (Å²) < 4.78 is 6.61. The van der Waals surface area contributed by atoms with Gasteiger partial charge in [0.25, 0.3) is 5.19 Å². The van der Waals surface area contributed by atoms with Crippen LogP contribution in [0.25, 0.3) is 0 Å². The number of aliphatic hydroxyl groups is 1. The van der Waals surface area contributed by atoms with E-state index < -0.39 is 0 Å². The Morgan fingerprint density at radius 3 is 2.94 bits per heavy atom. The Morgan fingerprint density at radius 2 is 2.31 bits per heavy atom. The van der Waals surface area contributed by atoms with Crippen LogP contribution in [0.3, 0.4) is 0 Å². The van der Waals surface area contributed by atoms with E-state index >= 15 is 0 Å². The van der Waals surface area contributed by atoms with Gasteiger partial charge >= 0.3 is 0 Å². The molecule has 1 aromatic carbocycles. The first-order valence-corrected chi connectivity index (χ1v) is 6.66. The summed E-state index contributed by atoms with van der Waals surface area (Å²) in [5.74, 6) is 0.710. The van der Waals surface area contributed by atoms with Crippen molar-refractivity contribution in [2.24, 2.45) is 0 Å². The molecule has 3 nitrogen and oxygen atoms in total. The van der Waals surface area contributed by atoms with Crippen LogP contribution < -0.4 is 4.74 Å². The monoisotopic (exact) mass is 367 g/mol. The predicted octanol–water partition coefficient (Wildman–Crippen LogP) is 3.69. The van der Waals surface area contributed by atoms with E-state index in [9.17, 15) is 0 Å². The first kappa shape index (κ1) is 12.1. The van der Waals surface area contributed by atoms with Crippen molar-refractivity contribution < 1.29 is 9.84 Å². The van der Waals surface area contributed by atoms with Gasteiger partial charge in [0.05, 0.1) is 11.5 Å². The standard InChI is InChI=1S/C10H7ClINO2S/c11-9-8(5-14)16-10(13-9)15-7-3-1-2-6(12)4-7/h1-4,14H,5H2. The van der Waals surface area contributed by atoms with Crippen molar-refractivity contribution in [2.45, 2.75) is 6.61 Å². The molecule has 2 rings (SSSR count). The minimum atomic E-state index is -0.119. The lowest BCUT2D eigenvalue weighted by Gasteiger charge is -2.00. The molecule has 1 heterocycles. The third kappa shape index (κ3) is 2.85. The first-order chi connectivity index (χ1) is 7.69. The summed E-state index contributed by atoms with van der Waals surface area (Å²) >= 11 is 9.25. The number of aliphatic hydroxyl groups excluding tert-OH is 1. The fourth-order valence-electron chi connectivity index (χ4n) is 1.09. The topological polar surface area (TPSA) is 42.4 Å². The molecule has 0 aliphatic carbocycles. The van der Waals surface area contributed by atoms with Crippen molar-refractivity contribution in [3.63, 3.8) is 0 Å². The Balaban J connectivity index is 2.20. The molecule has 0 aliphatic heterocycles. The molecule has 0 radical (unpaired) electrons. The molecule has 0 amide bonds. The fourth-order valence-corrected chi connectivity index (χ4v) is 2.58. The molecule has 0 atom stereocenters. The van der Waals surface area contributed by atoms with E-state index in [2.05, 4.69) is 27.6 Å². The average Bonchev–Trinajstić information content (AvgIpc) is 2.58. The van der Waals surface area contributed by atoms with Crippen LogP contribution in [0.4, 0.5) is 0 Å². The van der Waals surface area contributed by atoms with Crippen molar-refractivity contribution in [2.75, 3.05) is 0 Å². The summed E-state index contributed by atoms with van der Waals surface area (Å²) in [5, 5.41) is 9.71. The van der Waals surface area contributed by atoms with Crippen LogP contribution in [-0.4, -0.2) is 10.1 Å². The Bertz CT molecular complexity index is 503. The summed E-state index contributed by atoms with van der Waals surface area (Å²) in [4.78, 5) is 4.62. The molecule has 0 unspecified atom stereocenters. The number of ether oxygens (including phenoxy) is 1. The molecule has 0 saturated heterocycles. The van der Waals surface area contributed by atoms with Crippen LogP contribution in [0.5, 0.6) is 10.9 Å². The zero-order chi connectivity index (χ0) is 11.5. The Kier molecular flexibility index (Phi) is 4.01. The van der Waals surface area contributed by atoms with E-state index in [1.165, 1.54) is 11.3 Å². The van der Waals surface area contributed by atoms with E-state index in [0.29, 0.717) is 21.0 Å². The SMILES string of the molecule is OCc1sc(Oc2cccc(I)c2)nc1Cl. The summed E-state index contributed by atoms with van der Waals surface area (Å²) in [6.07, 6.45) is 0. The Labute approximate surface area is 115 Å². The molecule has 84 valence electrons. The van der Waals surface area contributed by atoms with Crippen molar-refractivity contribution in [1.82, 2.24) is 4.98 Å². The lowest BCUT2D eigenvalue weighted by atomic mass is 10.3. The van der Waals surface area contributed by atoms with Gasteiger partial charge in [0.15, 0.2) is 0 Å². The summed E-state index contributed by atoms with van der Waals surface area (Å²) in [6.45, 7) is -0.119. The highest BCUT2D eigenvalue weighted by Gasteiger charge is 2.09. The number of halogens is 2. The first-order valence-electron chi connectivity index (χ1n) is 4.38. The van der Waals surface area contributed by atoms with Gasteiger partial charge in [-0.1, -0.05) is 29.0 Å². The third-order valence-electron chi connectivity index (χ3n) is 1.77. The highest BCUT2D eigenvalue weighted by molar-refractivity contribution is 14.1. The molecular weight excluding hydrogens is 361 g/mol. The summed E-state index contributed by atoms with van der Waals surface area (Å²) in [7, 11) is 0. The molecule has 0 bridgehead atoms. The van der Waals surface area contributed by atoms with Crippen LogP contribution in [0, 0.1) is 3.57 Å². The molecule has 2 aromatic rings. The average molecular weight is 368 g/mol.